The molecule has 20 heavy (non-hydrogen) atoms. The third-order valence-corrected chi connectivity index (χ3v) is 4.33. The number of aryl methyl sites for hydroxylation is 3. The summed E-state index contributed by atoms with van der Waals surface area (Å²) < 4.78 is 6.09. The molecule has 6 heteroatoms. The molecule has 2 rings (SSSR count). The van der Waals surface area contributed by atoms with Crippen molar-refractivity contribution in [3.05, 3.63) is 28.5 Å². The van der Waals surface area contributed by atoms with Crippen molar-refractivity contribution in [2.24, 2.45) is 7.05 Å². The fourth-order valence-corrected chi connectivity index (χ4v) is 3.21. The van der Waals surface area contributed by atoms with Crippen LogP contribution in [0.4, 0.5) is 0 Å². The van der Waals surface area contributed by atoms with E-state index in [1.807, 2.05) is 17.9 Å². The minimum absolute atomic E-state index is 0.344. The Bertz CT molecular complexity index is 519. The fraction of sp³-hybridized carbons (Fsp3) is 0.643. The Morgan fingerprint density at radius 1 is 1.35 bits per heavy atom. The molecular formula is C14H23N5S. The lowest BCUT2D eigenvalue weighted by Gasteiger charge is -2.17. The van der Waals surface area contributed by atoms with Crippen LogP contribution in [0.15, 0.2) is 12.3 Å². The van der Waals surface area contributed by atoms with Crippen LogP contribution in [0.2, 0.25) is 0 Å². The first-order valence-corrected chi connectivity index (χ1v) is 8.05. The first-order valence-electron chi connectivity index (χ1n) is 7.27. The molecule has 0 saturated heterocycles. The zero-order chi connectivity index (χ0) is 14.4. The average Bonchev–Trinajstić information content (AvgIpc) is 3.05. The summed E-state index contributed by atoms with van der Waals surface area (Å²) >= 11 is 1.53. The number of hydrogen-bond donors (Lipinski definition) is 1. The number of nitrogens with zero attached hydrogens (tertiary/aromatic N) is 4. The van der Waals surface area contributed by atoms with E-state index in [-0.39, 0.29) is 0 Å². The second kappa shape index (κ2) is 7.50. The SMILES string of the molecule is CCCc1nnsc1C(CCc1ccnn1C)NCC. The predicted molar refractivity (Wildman–Crippen MR) is 81.9 cm³/mol. The van der Waals surface area contributed by atoms with Crippen molar-refractivity contribution in [1.82, 2.24) is 24.7 Å². The van der Waals surface area contributed by atoms with Crippen LogP contribution in [0.5, 0.6) is 0 Å². The molecule has 0 aliphatic heterocycles. The van der Waals surface area contributed by atoms with Gasteiger partial charge in [0.15, 0.2) is 0 Å². The van der Waals surface area contributed by atoms with Crippen LogP contribution in [0.25, 0.3) is 0 Å². The molecule has 1 unspecified atom stereocenters. The lowest BCUT2D eigenvalue weighted by Crippen LogP contribution is -2.22. The molecule has 0 fully saturated rings. The maximum atomic E-state index is 4.28. The molecule has 2 heterocycles. The summed E-state index contributed by atoms with van der Waals surface area (Å²) in [6, 6.07) is 2.43. The maximum absolute atomic E-state index is 4.28. The molecule has 0 aliphatic rings. The van der Waals surface area contributed by atoms with Gasteiger partial charge in [-0.05, 0) is 43.4 Å². The van der Waals surface area contributed by atoms with E-state index in [4.69, 9.17) is 0 Å². The summed E-state index contributed by atoms with van der Waals surface area (Å²) in [6.45, 7) is 5.28. The van der Waals surface area contributed by atoms with Crippen molar-refractivity contribution in [2.45, 2.75) is 45.6 Å². The van der Waals surface area contributed by atoms with E-state index in [2.05, 4.69) is 39.9 Å². The minimum Gasteiger partial charge on any atom is -0.309 e. The summed E-state index contributed by atoms with van der Waals surface area (Å²) in [5.74, 6) is 0. The van der Waals surface area contributed by atoms with Crippen LogP contribution in [-0.4, -0.2) is 25.9 Å². The standard InChI is InChI=1S/C14H23N5S/c1-4-6-13-14(20-18-17-13)12(15-5-2)8-7-11-9-10-16-19(11)3/h9-10,12,15H,4-8H2,1-3H3. The molecule has 0 saturated carbocycles. The van der Waals surface area contributed by atoms with Crippen LogP contribution in [0.1, 0.15) is 49.0 Å². The molecule has 2 aromatic heterocycles. The van der Waals surface area contributed by atoms with Crippen molar-refractivity contribution in [1.29, 1.82) is 0 Å². The second-order valence-electron chi connectivity index (χ2n) is 4.93. The molecular weight excluding hydrogens is 270 g/mol. The average molecular weight is 293 g/mol. The Kier molecular flexibility index (Phi) is 5.67. The zero-order valence-corrected chi connectivity index (χ0v) is 13.3. The molecule has 0 aliphatic carbocycles. The molecule has 1 atom stereocenters. The molecule has 2 aromatic rings. The Morgan fingerprint density at radius 3 is 2.85 bits per heavy atom. The highest BCUT2D eigenvalue weighted by atomic mass is 32.1. The predicted octanol–water partition coefficient (Wildman–Crippen LogP) is 2.51. The first-order chi connectivity index (χ1) is 9.76. The number of aromatic nitrogens is 4. The molecule has 1 N–H and O–H groups in total. The van der Waals surface area contributed by atoms with Gasteiger partial charge in [-0.1, -0.05) is 24.8 Å². The molecule has 0 amide bonds. The van der Waals surface area contributed by atoms with E-state index in [0.29, 0.717) is 6.04 Å². The quantitative estimate of drug-likeness (QED) is 0.812. The van der Waals surface area contributed by atoms with Crippen LogP contribution >= 0.6 is 11.5 Å². The topological polar surface area (TPSA) is 55.6 Å². The smallest absolute Gasteiger partial charge is 0.0803 e. The van der Waals surface area contributed by atoms with Crippen LogP contribution < -0.4 is 5.32 Å². The minimum atomic E-state index is 0.344. The lowest BCUT2D eigenvalue weighted by molar-refractivity contribution is 0.508. The maximum Gasteiger partial charge on any atom is 0.0803 e. The lowest BCUT2D eigenvalue weighted by atomic mass is 10.0. The third-order valence-electron chi connectivity index (χ3n) is 3.45. The summed E-state index contributed by atoms with van der Waals surface area (Å²) in [6.07, 6.45) is 6.04. The van der Waals surface area contributed by atoms with E-state index < -0.39 is 0 Å². The summed E-state index contributed by atoms with van der Waals surface area (Å²) in [5.41, 5.74) is 2.43. The van der Waals surface area contributed by atoms with Gasteiger partial charge in [0, 0.05) is 25.0 Å². The highest BCUT2D eigenvalue weighted by molar-refractivity contribution is 7.05. The van der Waals surface area contributed by atoms with Crippen LogP contribution in [-0.2, 0) is 19.9 Å². The number of nitrogens with one attached hydrogen (secondary N) is 1. The van der Waals surface area contributed by atoms with E-state index in [1.165, 1.54) is 22.1 Å². The summed E-state index contributed by atoms with van der Waals surface area (Å²) in [4.78, 5) is 1.30. The number of hydrogen-bond acceptors (Lipinski definition) is 5. The van der Waals surface area contributed by atoms with Gasteiger partial charge in [0.05, 0.1) is 10.6 Å². The van der Waals surface area contributed by atoms with Gasteiger partial charge >= 0.3 is 0 Å². The number of rotatable bonds is 8. The largest absolute Gasteiger partial charge is 0.309 e. The van der Waals surface area contributed by atoms with Gasteiger partial charge in [-0.25, -0.2) is 0 Å². The normalized spacial score (nSPS) is 12.8. The Morgan fingerprint density at radius 2 is 2.20 bits per heavy atom. The van der Waals surface area contributed by atoms with Gasteiger partial charge in [-0.3, -0.25) is 4.68 Å². The van der Waals surface area contributed by atoms with E-state index >= 15 is 0 Å². The van der Waals surface area contributed by atoms with Gasteiger partial charge in [0.2, 0.25) is 0 Å². The van der Waals surface area contributed by atoms with Gasteiger partial charge < -0.3 is 5.32 Å². The van der Waals surface area contributed by atoms with E-state index in [1.54, 1.807) is 0 Å². The zero-order valence-electron chi connectivity index (χ0n) is 12.5. The highest BCUT2D eigenvalue weighted by Gasteiger charge is 2.18. The van der Waals surface area contributed by atoms with Gasteiger partial charge in [-0.2, -0.15) is 5.10 Å². The molecule has 110 valence electrons. The monoisotopic (exact) mass is 293 g/mol. The van der Waals surface area contributed by atoms with Crippen molar-refractivity contribution in [2.75, 3.05) is 6.54 Å². The van der Waals surface area contributed by atoms with E-state index in [0.717, 1.165) is 37.9 Å². The molecule has 0 aromatic carbocycles. The third kappa shape index (κ3) is 3.64. The van der Waals surface area contributed by atoms with Crippen LogP contribution in [0, 0.1) is 0 Å². The Hall–Kier alpha value is -1.27. The summed E-state index contributed by atoms with van der Waals surface area (Å²) in [7, 11) is 1.99. The fourth-order valence-electron chi connectivity index (χ4n) is 2.40. The van der Waals surface area contributed by atoms with Crippen molar-refractivity contribution in [3.8, 4) is 0 Å². The Balaban J connectivity index is 2.06. The van der Waals surface area contributed by atoms with Gasteiger partial charge in [0.1, 0.15) is 0 Å². The van der Waals surface area contributed by atoms with Crippen molar-refractivity contribution >= 4 is 11.5 Å². The molecule has 0 bridgehead atoms. The van der Waals surface area contributed by atoms with Gasteiger partial charge in [-0.15, -0.1) is 5.10 Å². The molecule has 0 radical (unpaired) electrons. The second-order valence-corrected chi connectivity index (χ2v) is 5.71. The van der Waals surface area contributed by atoms with Gasteiger partial charge in [0.25, 0.3) is 0 Å². The summed E-state index contributed by atoms with van der Waals surface area (Å²) in [5, 5.41) is 12.1. The molecule has 5 nitrogen and oxygen atoms in total. The van der Waals surface area contributed by atoms with Crippen molar-refractivity contribution in [3.63, 3.8) is 0 Å². The Labute approximate surface area is 124 Å². The first kappa shape index (κ1) is 15.1. The van der Waals surface area contributed by atoms with Crippen LogP contribution in [0.3, 0.4) is 0 Å². The van der Waals surface area contributed by atoms with Crippen molar-refractivity contribution < 1.29 is 0 Å². The van der Waals surface area contributed by atoms with E-state index in [9.17, 15) is 0 Å². The molecule has 0 spiro atoms. The highest BCUT2D eigenvalue weighted by Crippen LogP contribution is 2.25.